The van der Waals surface area contributed by atoms with Crippen LogP contribution in [0.5, 0.6) is 0 Å². The Balaban J connectivity index is 1.60. The minimum absolute atomic E-state index is 0.0320. The third kappa shape index (κ3) is 3.16. The number of hydrogen-bond acceptors (Lipinski definition) is 6. The van der Waals surface area contributed by atoms with Gasteiger partial charge in [0.1, 0.15) is 10.0 Å². The van der Waals surface area contributed by atoms with Crippen LogP contribution in [0, 0.1) is 11.2 Å². The fourth-order valence-corrected chi connectivity index (χ4v) is 6.71. The van der Waals surface area contributed by atoms with Gasteiger partial charge in [-0.15, -0.1) is 11.3 Å². The van der Waals surface area contributed by atoms with E-state index in [2.05, 4.69) is 0 Å². The second-order valence-corrected chi connectivity index (χ2v) is 10.4. The summed E-state index contributed by atoms with van der Waals surface area (Å²) in [5.41, 5.74) is 5.12. The molecule has 4 rings (SSSR count). The van der Waals surface area contributed by atoms with Crippen molar-refractivity contribution in [1.82, 2.24) is 4.31 Å². The first kappa shape index (κ1) is 19.2. The Hall–Kier alpha value is -2.14. The average Bonchev–Trinajstić information content (AvgIpc) is 2.97. The van der Waals surface area contributed by atoms with Gasteiger partial charge < -0.3 is 10.5 Å². The zero-order valence-electron chi connectivity index (χ0n) is 14.7. The molecule has 3 heterocycles. The molecule has 0 unspecified atom stereocenters. The number of hydrogen-bond donors (Lipinski definition) is 1. The second-order valence-electron chi connectivity index (χ2n) is 7.11. The Bertz CT molecular complexity index is 1070. The summed E-state index contributed by atoms with van der Waals surface area (Å²) in [6.45, 7) is 1.81. The van der Waals surface area contributed by atoms with E-state index in [0.717, 1.165) is 17.4 Å². The maximum absolute atomic E-state index is 13.8. The van der Waals surface area contributed by atoms with Gasteiger partial charge in [0.05, 0.1) is 24.3 Å². The molecule has 0 radical (unpaired) electrons. The molecule has 2 fully saturated rings. The molecule has 0 saturated carbocycles. The number of Topliss-reactive ketones (excluding diaryl/α,β-unsaturated/α-hetero) is 1. The van der Waals surface area contributed by atoms with Crippen LogP contribution in [0.4, 0.5) is 4.39 Å². The van der Waals surface area contributed by atoms with Crippen molar-refractivity contribution in [2.45, 2.75) is 10.6 Å². The molecule has 0 bridgehead atoms. The van der Waals surface area contributed by atoms with Crippen LogP contribution in [-0.4, -0.2) is 50.7 Å². The Kier molecular flexibility index (Phi) is 4.61. The van der Waals surface area contributed by atoms with Crippen molar-refractivity contribution in [3.8, 4) is 0 Å². The fourth-order valence-electron chi connectivity index (χ4n) is 3.37. The molecule has 0 atom stereocenters. The van der Waals surface area contributed by atoms with E-state index in [9.17, 15) is 22.4 Å². The van der Waals surface area contributed by atoms with Crippen molar-refractivity contribution in [2.24, 2.45) is 11.1 Å². The number of primary amides is 1. The van der Waals surface area contributed by atoms with E-state index in [1.54, 1.807) is 0 Å². The van der Waals surface area contributed by atoms with Crippen molar-refractivity contribution in [2.75, 3.05) is 26.3 Å². The molecule has 1 spiro atoms. The lowest BCUT2D eigenvalue weighted by Crippen LogP contribution is -2.66. The summed E-state index contributed by atoms with van der Waals surface area (Å²) < 4.78 is 46.0. The number of halogens is 1. The van der Waals surface area contributed by atoms with Crippen molar-refractivity contribution >= 4 is 33.1 Å². The first-order valence-corrected chi connectivity index (χ1v) is 10.8. The van der Waals surface area contributed by atoms with Gasteiger partial charge in [0.15, 0.2) is 5.78 Å². The fraction of sp³-hybridized carbons (Fsp3) is 0.333. The highest BCUT2D eigenvalue weighted by Crippen LogP contribution is 2.42. The monoisotopic (exact) mass is 424 g/mol. The molecule has 1 aromatic carbocycles. The largest absolute Gasteiger partial charge is 0.380 e. The molecule has 1 amide bonds. The normalized spacial score (nSPS) is 18.5. The molecule has 2 aliphatic heterocycles. The molecule has 7 nitrogen and oxygen atoms in total. The molecular weight excluding hydrogens is 407 g/mol. The summed E-state index contributed by atoms with van der Waals surface area (Å²) >= 11 is 0.822. The number of thiophene rings is 1. The third-order valence-electron chi connectivity index (χ3n) is 4.98. The molecule has 2 saturated heterocycles. The highest BCUT2D eigenvalue weighted by Gasteiger charge is 2.53. The van der Waals surface area contributed by atoms with Crippen LogP contribution < -0.4 is 5.73 Å². The first-order valence-electron chi connectivity index (χ1n) is 8.50. The smallest absolute Gasteiger partial charge is 0.252 e. The highest BCUT2D eigenvalue weighted by molar-refractivity contribution is 7.91. The summed E-state index contributed by atoms with van der Waals surface area (Å²) in [6.07, 6.45) is -0.308. The zero-order valence-corrected chi connectivity index (χ0v) is 16.3. The minimum Gasteiger partial charge on any atom is -0.380 e. The van der Waals surface area contributed by atoms with Crippen molar-refractivity contribution in [3.63, 3.8) is 0 Å². The predicted molar refractivity (Wildman–Crippen MR) is 99.3 cm³/mol. The van der Waals surface area contributed by atoms with E-state index >= 15 is 0 Å². The third-order valence-corrected chi connectivity index (χ3v) is 8.36. The van der Waals surface area contributed by atoms with E-state index in [1.165, 1.54) is 28.6 Å². The molecule has 2 N–H and O–H groups in total. The van der Waals surface area contributed by atoms with E-state index in [4.69, 9.17) is 10.5 Å². The number of ketones is 1. The summed E-state index contributed by atoms with van der Waals surface area (Å²) in [7, 11) is -3.79. The maximum atomic E-state index is 13.8. The molecule has 2 aromatic rings. The SMILES string of the molecule is NC(=O)c1cc(S(=O)(=O)N2CC3(COC3)C2)sc1CC(=O)c1ccccc1F. The molecule has 1 aromatic heterocycles. The van der Waals surface area contributed by atoms with Gasteiger partial charge >= 0.3 is 0 Å². The summed E-state index contributed by atoms with van der Waals surface area (Å²) in [5.74, 6) is -2.06. The van der Waals surface area contributed by atoms with E-state index < -0.39 is 27.5 Å². The van der Waals surface area contributed by atoms with Crippen LogP contribution in [0.25, 0.3) is 0 Å². The molecule has 2 aliphatic rings. The number of carbonyl (C=O) groups is 2. The quantitative estimate of drug-likeness (QED) is 0.706. The Morgan fingerprint density at radius 1 is 1.21 bits per heavy atom. The van der Waals surface area contributed by atoms with Crippen LogP contribution in [-0.2, 0) is 21.2 Å². The number of benzene rings is 1. The lowest BCUT2D eigenvalue weighted by atomic mass is 9.80. The number of ether oxygens (including phenoxy) is 1. The number of sulfonamides is 1. The van der Waals surface area contributed by atoms with Gasteiger partial charge in [-0.3, -0.25) is 9.59 Å². The lowest BCUT2D eigenvalue weighted by molar-refractivity contribution is -0.166. The van der Waals surface area contributed by atoms with Crippen LogP contribution >= 0.6 is 11.3 Å². The number of amides is 1. The van der Waals surface area contributed by atoms with E-state index in [-0.39, 0.29) is 32.0 Å². The summed E-state index contributed by atoms with van der Waals surface area (Å²) in [6, 6.07) is 6.70. The number of carbonyl (C=O) groups excluding carboxylic acids is 2. The molecular formula is C18H17FN2O5S2. The number of nitrogens with two attached hydrogens (primary N) is 1. The summed E-state index contributed by atoms with van der Waals surface area (Å²) in [4.78, 5) is 24.4. The van der Waals surface area contributed by atoms with E-state index in [1.807, 2.05) is 0 Å². The van der Waals surface area contributed by atoms with Gasteiger partial charge in [-0.1, -0.05) is 12.1 Å². The Morgan fingerprint density at radius 3 is 2.46 bits per heavy atom. The average molecular weight is 424 g/mol. The Labute approximate surface area is 164 Å². The van der Waals surface area contributed by atoms with Gasteiger partial charge in [-0.05, 0) is 18.2 Å². The van der Waals surface area contributed by atoms with Gasteiger partial charge in [0.25, 0.3) is 10.0 Å². The molecule has 10 heteroatoms. The topological polar surface area (TPSA) is 107 Å². The van der Waals surface area contributed by atoms with Crippen molar-refractivity contribution < 1.29 is 27.1 Å². The predicted octanol–water partition coefficient (Wildman–Crippen LogP) is 1.43. The van der Waals surface area contributed by atoms with Gasteiger partial charge in [0.2, 0.25) is 5.91 Å². The molecule has 28 heavy (non-hydrogen) atoms. The van der Waals surface area contributed by atoms with Crippen LogP contribution in [0.15, 0.2) is 34.5 Å². The Morgan fingerprint density at radius 2 is 1.89 bits per heavy atom. The second kappa shape index (κ2) is 6.73. The zero-order chi connectivity index (χ0) is 20.1. The first-order chi connectivity index (χ1) is 13.2. The lowest BCUT2D eigenvalue weighted by Gasteiger charge is -2.53. The molecule has 0 aliphatic carbocycles. The van der Waals surface area contributed by atoms with E-state index in [0.29, 0.717) is 26.3 Å². The van der Waals surface area contributed by atoms with Crippen molar-refractivity contribution in [3.05, 3.63) is 52.2 Å². The van der Waals surface area contributed by atoms with Crippen LogP contribution in [0.2, 0.25) is 0 Å². The van der Waals surface area contributed by atoms with Crippen molar-refractivity contribution in [1.29, 1.82) is 0 Å². The van der Waals surface area contributed by atoms with Gasteiger partial charge in [0, 0.05) is 29.8 Å². The standard InChI is InChI=1S/C18H17FN2O5S2/c19-13-4-2-1-3-11(13)14(22)6-15-12(17(20)23)5-16(27-15)28(24,25)21-7-18(8-21)9-26-10-18/h1-5H,6-10H2,(H2,20,23). The van der Waals surface area contributed by atoms with Gasteiger partial charge in [-0.2, -0.15) is 4.31 Å². The number of rotatable bonds is 6. The summed E-state index contributed by atoms with van der Waals surface area (Å²) in [5, 5.41) is 0. The maximum Gasteiger partial charge on any atom is 0.252 e. The van der Waals surface area contributed by atoms with Crippen LogP contribution in [0.3, 0.4) is 0 Å². The number of nitrogens with zero attached hydrogens (tertiary/aromatic N) is 1. The van der Waals surface area contributed by atoms with Gasteiger partial charge in [-0.25, -0.2) is 12.8 Å². The molecule has 148 valence electrons. The highest BCUT2D eigenvalue weighted by atomic mass is 32.2. The minimum atomic E-state index is -3.79. The van der Waals surface area contributed by atoms with Crippen LogP contribution in [0.1, 0.15) is 25.6 Å².